The monoisotopic (exact) mass is 396 g/mol. The standard InChI is InChI=1S/C21H20N2O6/c24-19(25)11-13-3-1-2-4-16(13)22-20(26)15-7-8-23(21(15)27)14-5-6-17-18(12-14)29-10-9-28-17/h1-6,12,15H,7-11H2,(H,22,26)(H,24,25). The molecule has 2 aliphatic heterocycles. The van der Waals surface area contributed by atoms with E-state index in [-0.39, 0.29) is 12.3 Å². The van der Waals surface area contributed by atoms with Crippen molar-refractivity contribution in [2.75, 3.05) is 30.0 Å². The lowest BCUT2D eigenvalue weighted by molar-refractivity contribution is -0.136. The first-order chi connectivity index (χ1) is 14.0. The van der Waals surface area contributed by atoms with Crippen LogP contribution < -0.4 is 19.7 Å². The van der Waals surface area contributed by atoms with Gasteiger partial charge in [0.15, 0.2) is 11.5 Å². The van der Waals surface area contributed by atoms with Crippen LogP contribution in [0.1, 0.15) is 12.0 Å². The van der Waals surface area contributed by atoms with Crippen LogP contribution in [0.4, 0.5) is 11.4 Å². The zero-order valence-electron chi connectivity index (χ0n) is 15.6. The number of fused-ring (bicyclic) bond motifs is 1. The number of aliphatic carboxylic acids is 1. The summed E-state index contributed by atoms with van der Waals surface area (Å²) in [7, 11) is 0. The van der Waals surface area contributed by atoms with Gasteiger partial charge in [-0.25, -0.2) is 0 Å². The highest BCUT2D eigenvalue weighted by atomic mass is 16.6. The molecule has 0 saturated carbocycles. The number of carbonyl (C=O) groups excluding carboxylic acids is 2. The maximum Gasteiger partial charge on any atom is 0.307 e. The molecule has 2 aromatic rings. The summed E-state index contributed by atoms with van der Waals surface area (Å²) in [6, 6.07) is 12.0. The first kappa shape index (κ1) is 18.8. The van der Waals surface area contributed by atoms with E-state index >= 15 is 0 Å². The van der Waals surface area contributed by atoms with Crippen molar-refractivity contribution in [3.8, 4) is 11.5 Å². The summed E-state index contributed by atoms with van der Waals surface area (Å²) in [6.45, 7) is 1.35. The van der Waals surface area contributed by atoms with Gasteiger partial charge in [0, 0.05) is 24.0 Å². The molecule has 0 bridgehead atoms. The molecule has 1 unspecified atom stereocenters. The highest BCUT2D eigenvalue weighted by molar-refractivity contribution is 6.13. The topological polar surface area (TPSA) is 105 Å². The van der Waals surface area contributed by atoms with Crippen LogP contribution >= 0.6 is 0 Å². The number of amides is 2. The second-order valence-electron chi connectivity index (χ2n) is 6.88. The molecule has 2 aromatic carbocycles. The number of para-hydroxylation sites is 1. The zero-order chi connectivity index (χ0) is 20.4. The molecule has 4 rings (SSSR count). The number of hydrogen-bond acceptors (Lipinski definition) is 5. The molecule has 0 spiro atoms. The van der Waals surface area contributed by atoms with Crippen LogP contribution in [0.2, 0.25) is 0 Å². The third-order valence-corrected chi connectivity index (χ3v) is 4.98. The average Bonchev–Trinajstić information content (AvgIpc) is 3.10. The molecule has 2 aliphatic rings. The van der Waals surface area contributed by atoms with Crippen molar-refractivity contribution in [2.45, 2.75) is 12.8 Å². The molecule has 8 nitrogen and oxygen atoms in total. The van der Waals surface area contributed by atoms with Crippen LogP contribution in [0.3, 0.4) is 0 Å². The van der Waals surface area contributed by atoms with Crippen LogP contribution in [0.5, 0.6) is 11.5 Å². The Bertz CT molecular complexity index is 973. The van der Waals surface area contributed by atoms with Crippen molar-refractivity contribution < 1.29 is 29.0 Å². The van der Waals surface area contributed by atoms with Gasteiger partial charge in [-0.1, -0.05) is 18.2 Å². The van der Waals surface area contributed by atoms with Crippen LogP contribution in [-0.2, 0) is 20.8 Å². The summed E-state index contributed by atoms with van der Waals surface area (Å²) in [6.07, 6.45) is 0.165. The summed E-state index contributed by atoms with van der Waals surface area (Å²) in [4.78, 5) is 38.2. The lowest BCUT2D eigenvalue weighted by Crippen LogP contribution is -2.33. The molecule has 1 atom stereocenters. The summed E-state index contributed by atoms with van der Waals surface area (Å²) >= 11 is 0. The quantitative estimate of drug-likeness (QED) is 0.750. The van der Waals surface area contributed by atoms with Crippen LogP contribution in [0.25, 0.3) is 0 Å². The molecule has 0 aromatic heterocycles. The molecule has 150 valence electrons. The molecule has 1 saturated heterocycles. The van der Waals surface area contributed by atoms with Crippen molar-refractivity contribution in [3.63, 3.8) is 0 Å². The number of nitrogens with zero attached hydrogens (tertiary/aromatic N) is 1. The molecule has 2 amide bonds. The van der Waals surface area contributed by atoms with E-state index in [1.807, 2.05) is 0 Å². The Hall–Kier alpha value is -3.55. The molecular weight excluding hydrogens is 376 g/mol. The third kappa shape index (κ3) is 3.87. The van der Waals surface area contributed by atoms with Gasteiger partial charge in [0.2, 0.25) is 11.8 Å². The number of hydrogen-bond donors (Lipinski definition) is 2. The number of rotatable bonds is 5. The van der Waals surface area contributed by atoms with E-state index in [0.29, 0.717) is 54.6 Å². The van der Waals surface area contributed by atoms with Gasteiger partial charge in [0.1, 0.15) is 19.1 Å². The predicted molar refractivity (Wildman–Crippen MR) is 104 cm³/mol. The van der Waals surface area contributed by atoms with E-state index in [0.717, 1.165) is 0 Å². The molecule has 2 heterocycles. The van der Waals surface area contributed by atoms with Crippen molar-refractivity contribution >= 4 is 29.2 Å². The van der Waals surface area contributed by atoms with Crippen LogP contribution in [-0.4, -0.2) is 42.6 Å². The SMILES string of the molecule is O=C(O)Cc1ccccc1NC(=O)C1CCN(c2ccc3c(c2)OCCO3)C1=O. The Kier molecular flexibility index (Phi) is 5.07. The fourth-order valence-electron chi connectivity index (χ4n) is 3.56. The molecule has 8 heteroatoms. The van der Waals surface area contributed by atoms with Gasteiger partial charge in [-0.15, -0.1) is 0 Å². The minimum Gasteiger partial charge on any atom is -0.486 e. The van der Waals surface area contributed by atoms with Crippen LogP contribution in [0, 0.1) is 5.92 Å². The molecule has 1 fully saturated rings. The lowest BCUT2D eigenvalue weighted by atomic mass is 10.1. The second kappa shape index (κ2) is 7.83. The fraction of sp³-hybridized carbons (Fsp3) is 0.286. The van der Waals surface area contributed by atoms with E-state index in [1.165, 1.54) is 0 Å². The Morgan fingerprint density at radius 1 is 1.10 bits per heavy atom. The van der Waals surface area contributed by atoms with E-state index in [9.17, 15) is 14.4 Å². The van der Waals surface area contributed by atoms with Gasteiger partial charge in [0.05, 0.1) is 6.42 Å². The highest BCUT2D eigenvalue weighted by Crippen LogP contribution is 2.36. The smallest absolute Gasteiger partial charge is 0.307 e. The largest absolute Gasteiger partial charge is 0.486 e. The first-order valence-corrected chi connectivity index (χ1v) is 9.34. The zero-order valence-corrected chi connectivity index (χ0v) is 15.6. The number of anilines is 2. The fourth-order valence-corrected chi connectivity index (χ4v) is 3.56. The first-order valence-electron chi connectivity index (χ1n) is 9.34. The van der Waals surface area contributed by atoms with Crippen molar-refractivity contribution in [2.24, 2.45) is 5.92 Å². The minimum atomic E-state index is -0.992. The van der Waals surface area contributed by atoms with Gasteiger partial charge < -0.3 is 24.8 Å². The number of carboxylic acid groups (broad SMARTS) is 1. The number of benzene rings is 2. The van der Waals surface area contributed by atoms with E-state index < -0.39 is 17.8 Å². The Morgan fingerprint density at radius 2 is 1.86 bits per heavy atom. The second-order valence-corrected chi connectivity index (χ2v) is 6.88. The number of carboxylic acids is 1. The molecule has 29 heavy (non-hydrogen) atoms. The highest BCUT2D eigenvalue weighted by Gasteiger charge is 2.38. The maximum absolute atomic E-state index is 12.9. The summed E-state index contributed by atoms with van der Waals surface area (Å²) in [5.74, 6) is -1.34. The predicted octanol–water partition coefficient (Wildman–Crippen LogP) is 2.08. The summed E-state index contributed by atoms with van der Waals surface area (Å²) in [5.41, 5.74) is 1.55. The van der Waals surface area contributed by atoms with Gasteiger partial charge in [-0.2, -0.15) is 0 Å². The Morgan fingerprint density at radius 3 is 2.66 bits per heavy atom. The van der Waals surface area contributed by atoms with Crippen molar-refractivity contribution in [3.05, 3.63) is 48.0 Å². The van der Waals surface area contributed by atoms with Gasteiger partial charge >= 0.3 is 5.97 Å². The van der Waals surface area contributed by atoms with E-state index in [4.69, 9.17) is 14.6 Å². The Balaban J connectivity index is 1.48. The van der Waals surface area contributed by atoms with E-state index in [2.05, 4.69) is 5.32 Å². The van der Waals surface area contributed by atoms with Gasteiger partial charge in [0.25, 0.3) is 0 Å². The molecule has 0 aliphatic carbocycles. The molecular formula is C21H20N2O6. The minimum absolute atomic E-state index is 0.210. The van der Waals surface area contributed by atoms with Crippen molar-refractivity contribution in [1.82, 2.24) is 0 Å². The third-order valence-electron chi connectivity index (χ3n) is 4.98. The number of ether oxygens (including phenoxy) is 2. The Labute approximate surface area is 167 Å². The van der Waals surface area contributed by atoms with Gasteiger partial charge in [-0.3, -0.25) is 14.4 Å². The van der Waals surface area contributed by atoms with Gasteiger partial charge in [-0.05, 0) is 30.2 Å². The normalized spacial score (nSPS) is 17.9. The molecule has 0 radical (unpaired) electrons. The lowest BCUT2D eigenvalue weighted by Gasteiger charge is -2.22. The maximum atomic E-state index is 12.9. The number of carbonyl (C=O) groups is 3. The number of nitrogens with one attached hydrogen (secondary N) is 1. The van der Waals surface area contributed by atoms with E-state index in [1.54, 1.807) is 47.4 Å². The van der Waals surface area contributed by atoms with Crippen LogP contribution in [0.15, 0.2) is 42.5 Å². The summed E-state index contributed by atoms with van der Waals surface area (Å²) < 4.78 is 11.1. The summed E-state index contributed by atoms with van der Waals surface area (Å²) in [5, 5.41) is 11.7. The van der Waals surface area contributed by atoms with Crippen molar-refractivity contribution in [1.29, 1.82) is 0 Å². The average molecular weight is 396 g/mol. The molecule has 2 N–H and O–H groups in total.